The van der Waals surface area contributed by atoms with Crippen LogP contribution in [0.15, 0.2) is 36.5 Å². The van der Waals surface area contributed by atoms with Crippen molar-refractivity contribution in [3.63, 3.8) is 0 Å². The summed E-state index contributed by atoms with van der Waals surface area (Å²) in [7, 11) is 0. The summed E-state index contributed by atoms with van der Waals surface area (Å²) in [6.07, 6.45) is 1.79. The standard InChI is InChI=1S/C11H11FN2O/c12-10-6-8(13)3-4-11(10)15-7-9-2-1-5-14-9/h1-6,14H,7,13H2. The second-order valence-electron chi connectivity index (χ2n) is 3.17. The average molecular weight is 206 g/mol. The number of aromatic amines is 1. The molecule has 2 rings (SSSR count). The van der Waals surface area contributed by atoms with Crippen molar-refractivity contribution in [3.05, 3.63) is 48.0 Å². The summed E-state index contributed by atoms with van der Waals surface area (Å²) >= 11 is 0. The topological polar surface area (TPSA) is 51.0 Å². The average Bonchev–Trinajstić information content (AvgIpc) is 2.69. The van der Waals surface area contributed by atoms with E-state index in [1.165, 1.54) is 12.1 Å². The van der Waals surface area contributed by atoms with Crippen molar-refractivity contribution in [2.24, 2.45) is 0 Å². The highest BCUT2D eigenvalue weighted by atomic mass is 19.1. The zero-order valence-electron chi connectivity index (χ0n) is 8.03. The number of nitrogens with one attached hydrogen (secondary N) is 1. The minimum atomic E-state index is -0.443. The van der Waals surface area contributed by atoms with Crippen molar-refractivity contribution in [2.75, 3.05) is 5.73 Å². The number of ether oxygens (including phenoxy) is 1. The summed E-state index contributed by atoms with van der Waals surface area (Å²) < 4.78 is 18.5. The molecule has 78 valence electrons. The van der Waals surface area contributed by atoms with Crippen molar-refractivity contribution in [1.82, 2.24) is 4.98 Å². The fraction of sp³-hybridized carbons (Fsp3) is 0.0909. The van der Waals surface area contributed by atoms with E-state index in [4.69, 9.17) is 10.5 Å². The summed E-state index contributed by atoms with van der Waals surface area (Å²) in [4.78, 5) is 2.97. The zero-order chi connectivity index (χ0) is 10.7. The van der Waals surface area contributed by atoms with E-state index in [2.05, 4.69) is 4.98 Å². The number of aromatic nitrogens is 1. The van der Waals surface area contributed by atoms with Crippen LogP contribution in [-0.4, -0.2) is 4.98 Å². The maximum Gasteiger partial charge on any atom is 0.167 e. The van der Waals surface area contributed by atoms with E-state index in [9.17, 15) is 4.39 Å². The zero-order valence-corrected chi connectivity index (χ0v) is 8.03. The Labute approximate surface area is 86.7 Å². The van der Waals surface area contributed by atoms with E-state index in [0.717, 1.165) is 5.69 Å². The van der Waals surface area contributed by atoms with Crippen molar-refractivity contribution < 1.29 is 9.13 Å². The normalized spacial score (nSPS) is 10.2. The Bertz CT molecular complexity index is 440. The van der Waals surface area contributed by atoms with Gasteiger partial charge in [0.15, 0.2) is 11.6 Å². The largest absolute Gasteiger partial charge is 0.484 e. The molecule has 0 aliphatic heterocycles. The lowest BCUT2D eigenvalue weighted by Crippen LogP contribution is -1.98. The maximum absolute atomic E-state index is 13.3. The molecule has 0 bridgehead atoms. The number of nitrogens with two attached hydrogens (primary N) is 1. The van der Waals surface area contributed by atoms with E-state index in [1.54, 1.807) is 12.3 Å². The predicted octanol–water partition coefficient (Wildman–Crippen LogP) is 2.32. The van der Waals surface area contributed by atoms with Crippen molar-refractivity contribution in [2.45, 2.75) is 6.61 Å². The summed E-state index contributed by atoms with van der Waals surface area (Å²) in [5.74, 6) is -0.236. The number of hydrogen-bond donors (Lipinski definition) is 2. The molecule has 3 nitrogen and oxygen atoms in total. The van der Waals surface area contributed by atoms with Crippen molar-refractivity contribution in [3.8, 4) is 5.75 Å². The van der Waals surface area contributed by atoms with Crippen LogP contribution in [0.2, 0.25) is 0 Å². The van der Waals surface area contributed by atoms with Gasteiger partial charge in [-0.25, -0.2) is 4.39 Å². The lowest BCUT2D eigenvalue weighted by molar-refractivity contribution is 0.286. The number of rotatable bonds is 3. The van der Waals surface area contributed by atoms with Gasteiger partial charge in [0.25, 0.3) is 0 Å². The van der Waals surface area contributed by atoms with Crippen LogP contribution in [0.3, 0.4) is 0 Å². The molecule has 0 radical (unpaired) electrons. The fourth-order valence-corrected chi connectivity index (χ4v) is 1.25. The van der Waals surface area contributed by atoms with Crippen LogP contribution >= 0.6 is 0 Å². The summed E-state index contributed by atoms with van der Waals surface area (Å²) in [6, 6.07) is 8.10. The van der Waals surface area contributed by atoms with Gasteiger partial charge in [-0.05, 0) is 24.3 Å². The summed E-state index contributed by atoms with van der Waals surface area (Å²) in [5.41, 5.74) is 6.70. The Morgan fingerprint density at radius 2 is 2.20 bits per heavy atom. The first-order valence-corrected chi connectivity index (χ1v) is 4.56. The minimum Gasteiger partial charge on any atom is -0.484 e. The first-order valence-electron chi connectivity index (χ1n) is 4.56. The van der Waals surface area contributed by atoms with Gasteiger partial charge in [0.2, 0.25) is 0 Å². The van der Waals surface area contributed by atoms with Crippen LogP contribution in [0.1, 0.15) is 5.69 Å². The molecule has 0 unspecified atom stereocenters. The molecule has 0 amide bonds. The number of halogens is 1. The Morgan fingerprint density at radius 1 is 1.33 bits per heavy atom. The van der Waals surface area contributed by atoms with Crippen LogP contribution < -0.4 is 10.5 Å². The van der Waals surface area contributed by atoms with Gasteiger partial charge in [0.1, 0.15) is 6.61 Å². The molecule has 0 aliphatic rings. The molecule has 0 saturated carbocycles. The summed E-state index contributed by atoms with van der Waals surface area (Å²) in [5, 5.41) is 0. The number of anilines is 1. The number of H-pyrrole nitrogens is 1. The molecule has 0 atom stereocenters. The van der Waals surface area contributed by atoms with Gasteiger partial charge in [-0.2, -0.15) is 0 Å². The van der Waals surface area contributed by atoms with Crippen LogP contribution in [0.5, 0.6) is 5.75 Å². The van der Waals surface area contributed by atoms with E-state index in [1.807, 2.05) is 12.1 Å². The highest BCUT2D eigenvalue weighted by Crippen LogP contribution is 2.20. The van der Waals surface area contributed by atoms with Gasteiger partial charge in [-0.1, -0.05) is 0 Å². The van der Waals surface area contributed by atoms with Crippen LogP contribution in [0.25, 0.3) is 0 Å². The number of benzene rings is 1. The second kappa shape index (κ2) is 4.04. The minimum absolute atomic E-state index is 0.207. The van der Waals surface area contributed by atoms with Gasteiger partial charge in [0, 0.05) is 18.0 Å². The molecule has 15 heavy (non-hydrogen) atoms. The lowest BCUT2D eigenvalue weighted by Gasteiger charge is -2.06. The monoisotopic (exact) mass is 206 g/mol. The van der Waals surface area contributed by atoms with Gasteiger partial charge < -0.3 is 15.5 Å². The molecule has 1 aromatic heterocycles. The maximum atomic E-state index is 13.3. The Kier molecular flexibility index (Phi) is 2.58. The number of hydrogen-bond acceptors (Lipinski definition) is 2. The molecule has 1 heterocycles. The molecule has 0 fully saturated rings. The third-order valence-electron chi connectivity index (χ3n) is 2.00. The molecular weight excluding hydrogens is 195 g/mol. The highest BCUT2D eigenvalue weighted by Gasteiger charge is 2.03. The van der Waals surface area contributed by atoms with Gasteiger partial charge in [0.05, 0.1) is 5.69 Å². The molecule has 2 aromatic rings. The molecule has 4 heteroatoms. The second-order valence-corrected chi connectivity index (χ2v) is 3.17. The molecule has 0 spiro atoms. The smallest absolute Gasteiger partial charge is 0.167 e. The third-order valence-corrected chi connectivity index (χ3v) is 2.00. The van der Waals surface area contributed by atoms with E-state index in [0.29, 0.717) is 12.3 Å². The van der Waals surface area contributed by atoms with Crippen LogP contribution in [-0.2, 0) is 6.61 Å². The van der Waals surface area contributed by atoms with E-state index in [-0.39, 0.29) is 5.75 Å². The van der Waals surface area contributed by atoms with Crippen molar-refractivity contribution >= 4 is 5.69 Å². The molecule has 0 aliphatic carbocycles. The van der Waals surface area contributed by atoms with E-state index < -0.39 is 5.82 Å². The Balaban J connectivity index is 2.05. The quantitative estimate of drug-likeness (QED) is 0.757. The lowest BCUT2D eigenvalue weighted by atomic mass is 10.3. The van der Waals surface area contributed by atoms with Crippen LogP contribution in [0, 0.1) is 5.82 Å². The molecular formula is C11H11FN2O. The molecule has 3 N–H and O–H groups in total. The molecule has 0 saturated heterocycles. The highest BCUT2D eigenvalue weighted by molar-refractivity contribution is 5.42. The SMILES string of the molecule is Nc1ccc(OCc2ccc[nH]2)c(F)c1. The first-order chi connectivity index (χ1) is 7.25. The van der Waals surface area contributed by atoms with E-state index >= 15 is 0 Å². The predicted molar refractivity (Wildman–Crippen MR) is 55.9 cm³/mol. The summed E-state index contributed by atoms with van der Waals surface area (Å²) in [6.45, 7) is 0.313. The Hall–Kier alpha value is -1.97. The molecule has 1 aromatic carbocycles. The van der Waals surface area contributed by atoms with Crippen LogP contribution in [0.4, 0.5) is 10.1 Å². The number of nitrogen functional groups attached to an aromatic ring is 1. The fourth-order valence-electron chi connectivity index (χ4n) is 1.25. The van der Waals surface area contributed by atoms with Gasteiger partial charge in [-0.3, -0.25) is 0 Å². The van der Waals surface area contributed by atoms with Gasteiger partial charge in [-0.15, -0.1) is 0 Å². The Morgan fingerprint density at radius 3 is 2.87 bits per heavy atom. The van der Waals surface area contributed by atoms with Crippen molar-refractivity contribution in [1.29, 1.82) is 0 Å². The first kappa shape index (κ1) is 9.58. The third kappa shape index (κ3) is 2.28. The van der Waals surface area contributed by atoms with Gasteiger partial charge >= 0.3 is 0 Å².